The van der Waals surface area contributed by atoms with Crippen LogP contribution in [0.25, 0.3) is 0 Å². The minimum atomic E-state index is 0.00849. The maximum atomic E-state index is 9.54. The van der Waals surface area contributed by atoms with Gasteiger partial charge < -0.3 is 10.0 Å². The van der Waals surface area contributed by atoms with E-state index >= 15 is 0 Å². The maximum absolute atomic E-state index is 9.54. The molecule has 0 unspecified atom stereocenters. The third-order valence-corrected chi connectivity index (χ3v) is 3.85. The summed E-state index contributed by atoms with van der Waals surface area (Å²) in [5.74, 6) is 0. The molecular weight excluding hydrogens is 258 g/mol. The highest BCUT2D eigenvalue weighted by atomic mass is 35.5. The van der Waals surface area contributed by atoms with Gasteiger partial charge in [-0.3, -0.25) is 0 Å². The summed E-state index contributed by atoms with van der Waals surface area (Å²) in [5, 5.41) is 10.2. The average molecular weight is 274 g/mol. The second-order valence-electron chi connectivity index (χ2n) is 4.82. The van der Waals surface area contributed by atoms with E-state index in [9.17, 15) is 5.11 Å². The van der Waals surface area contributed by atoms with Crippen LogP contribution in [0.3, 0.4) is 0 Å². The van der Waals surface area contributed by atoms with Crippen LogP contribution in [0, 0.1) is 0 Å². The Hall–Kier alpha value is -1.51. The first kappa shape index (κ1) is 12.5. The van der Waals surface area contributed by atoms with Crippen molar-refractivity contribution in [1.29, 1.82) is 0 Å². The first-order chi connectivity index (χ1) is 9.29. The van der Waals surface area contributed by atoms with Gasteiger partial charge in [0.25, 0.3) is 0 Å². The molecule has 19 heavy (non-hydrogen) atoms. The van der Waals surface area contributed by atoms with Crippen molar-refractivity contribution in [1.82, 2.24) is 0 Å². The molecule has 1 N–H and O–H groups in total. The van der Waals surface area contributed by atoms with Gasteiger partial charge in [0.15, 0.2) is 0 Å². The molecule has 0 fully saturated rings. The molecular formula is C16H16ClNO. The van der Waals surface area contributed by atoms with Crippen LogP contribution < -0.4 is 4.90 Å². The largest absolute Gasteiger partial charge is 0.392 e. The molecule has 1 aliphatic rings. The molecule has 2 aromatic carbocycles. The number of para-hydroxylation sites is 1. The van der Waals surface area contributed by atoms with Crippen molar-refractivity contribution < 1.29 is 5.11 Å². The van der Waals surface area contributed by atoms with Crippen molar-refractivity contribution in [2.45, 2.75) is 19.4 Å². The molecule has 0 spiro atoms. The molecule has 0 aliphatic carbocycles. The highest BCUT2D eigenvalue weighted by Crippen LogP contribution is 2.36. The Labute approximate surface area is 118 Å². The van der Waals surface area contributed by atoms with Crippen LogP contribution >= 0.6 is 11.6 Å². The number of aliphatic hydroxyl groups excluding tert-OH is 1. The van der Waals surface area contributed by atoms with E-state index in [0.29, 0.717) is 5.02 Å². The summed E-state index contributed by atoms with van der Waals surface area (Å²) >= 11 is 6.01. The highest BCUT2D eigenvalue weighted by Gasteiger charge is 2.19. The predicted molar refractivity (Wildman–Crippen MR) is 79.1 cm³/mol. The van der Waals surface area contributed by atoms with Crippen LogP contribution in [0.1, 0.15) is 17.5 Å². The van der Waals surface area contributed by atoms with Gasteiger partial charge >= 0.3 is 0 Å². The molecule has 0 amide bonds. The third kappa shape index (κ3) is 2.34. The molecule has 0 atom stereocenters. The van der Waals surface area contributed by atoms with E-state index in [1.807, 2.05) is 18.2 Å². The van der Waals surface area contributed by atoms with Gasteiger partial charge in [0.2, 0.25) is 0 Å². The molecule has 2 aromatic rings. The monoisotopic (exact) mass is 273 g/mol. The average Bonchev–Trinajstić information content (AvgIpc) is 2.46. The minimum absolute atomic E-state index is 0.00849. The second kappa shape index (κ2) is 5.24. The number of anilines is 2. The minimum Gasteiger partial charge on any atom is -0.392 e. The summed E-state index contributed by atoms with van der Waals surface area (Å²) in [7, 11) is 0. The maximum Gasteiger partial charge on any atom is 0.0702 e. The van der Waals surface area contributed by atoms with Crippen LogP contribution in [-0.4, -0.2) is 11.7 Å². The molecule has 3 rings (SSSR count). The van der Waals surface area contributed by atoms with Gasteiger partial charge in [-0.2, -0.15) is 0 Å². The zero-order chi connectivity index (χ0) is 13.2. The van der Waals surface area contributed by atoms with E-state index in [2.05, 4.69) is 29.2 Å². The molecule has 1 heterocycles. The van der Waals surface area contributed by atoms with Crippen LogP contribution in [0.2, 0.25) is 5.02 Å². The molecule has 3 heteroatoms. The smallest absolute Gasteiger partial charge is 0.0702 e. The zero-order valence-corrected chi connectivity index (χ0v) is 11.4. The first-order valence-corrected chi connectivity index (χ1v) is 6.92. The van der Waals surface area contributed by atoms with Crippen molar-refractivity contribution in [3.05, 3.63) is 58.6 Å². The van der Waals surface area contributed by atoms with Gasteiger partial charge in [0.05, 0.1) is 6.61 Å². The Balaban J connectivity index is 2.09. The topological polar surface area (TPSA) is 23.5 Å². The summed E-state index contributed by atoms with van der Waals surface area (Å²) in [4.78, 5) is 2.28. The van der Waals surface area contributed by atoms with Crippen molar-refractivity contribution >= 4 is 23.0 Å². The van der Waals surface area contributed by atoms with E-state index < -0.39 is 0 Å². The molecule has 0 radical (unpaired) electrons. The number of nitrogens with zero attached hydrogens (tertiary/aromatic N) is 1. The lowest BCUT2D eigenvalue weighted by molar-refractivity contribution is 0.282. The number of rotatable bonds is 2. The molecule has 0 aromatic heterocycles. The molecule has 2 nitrogen and oxygen atoms in total. The van der Waals surface area contributed by atoms with Crippen LogP contribution in [-0.2, 0) is 13.0 Å². The lowest BCUT2D eigenvalue weighted by Gasteiger charge is -2.32. The Morgan fingerprint density at radius 3 is 2.79 bits per heavy atom. The van der Waals surface area contributed by atoms with Crippen molar-refractivity contribution in [3.8, 4) is 0 Å². The van der Waals surface area contributed by atoms with E-state index in [1.165, 1.54) is 11.3 Å². The molecule has 1 aliphatic heterocycles. The van der Waals surface area contributed by atoms with Crippen LogP contribution in [0.4, 0.5) is 11.4 Å². The standard InChI is InChI=1S/C16H16ClNO/c17-14-7-8-16(13(10-14)11-19)18-9-3-5-12-4-1-2-6-15(12)18/h1-2,4,6-8,10,19H,3,5,9,11H2. The number of fused-ring (bicyclic) bond motifs is 1. The predicted octanol–water partition coefficient (Wildman–Crippen LogP) is 3.92. The van der Waals surface area contributed by atoms with Gasteiger partial charge in [0, 0.05) is 28.5 Å². The molecule has 98 valence electrons. The Morgan fingerprint density at radius 2 is 1.95 bits per heavy atom. The fourth-order valence-electron chi connectivity index (χ4n) is 2.73. The van der Waals surface area contributed by atoms with Gasteiger partial charge in [0.1, 0.15) is 0 Å². The normalized spacial score (nSPS) is 14.3. The Bertz CT molecular complexity index is 597. The van der Waals surface area contributed by atoms with E-state index in [4.69, 9.17) is 11.6 Å². The van der Waals surface area contributed by atoms with Gasteiger partial charge in [-0.25, -0.2) is 0 Å². The lowest BCUT2D eigenvalue weighted by Crippen LogP contribution is -2.25. The number of benzene rings is 2. The number of aryl methyl sites for hydroxylation is 1. The van der Waals surface area contributed by atoms with Crippen LogP contribution in [0.5, 0.6) is 0 Å². The first-order valence-electron chi connectivity index (χ1n) is 6.54. The number of aliphatic hydroxyl groups is 1. The number of hydrogen-bond donors (Lipinski definition) is 1. The second-order valence-corrected chi connectivity index (χ2v) is 5.25. The lowest BCUT2D eigenvalue weighted by atomic mass is 10.00. The van der Waals surface area contributed by atoms with E-state index in [0.717, 1.165) is 30.6 Å². The Morgan fingerprint density at radius 1 is 1.11 bits per heavy atom. The van der Waals surface area contributed by atoms with Crippen molar-refractivity contribution in [2.24, 2.45) is 0 Å². The summed E-state index contributed by atoms with van der Waals surface area (Å²) in [5.41, 5.74) is 4.54. The van der Waals surface area contributed by atoms with Crippen molar-refractivity contribution in [3.63, 3.8) is 0 Å². The molecule has 0 bridgehead atoms. The van der Waals surface area contributed by atoms with E-state index in [1.54, 1.807) is 0 Å². The van der Waals surface area contributed by atoms with Crippen LogP contribution in [0.15, 0.2) is 42.5 Å². The number of halogens is 1. The third-order valence-electron chi connectivity index (χ3n) is 3.61. The molecule has 0 saturated heterocycles. The summed E-state index contributed by atoms with van der Waals surface area (Å²) in [6, 6.07) is 14.2. The Kier molecular flexibility index (Phi) is 3.45. The van der Waals surface area contributed by atoms with Gasteiger partial charge in [-0.05, 0) is 42.7 Å². The van der Waals surface area contributed by atoms with Gasteiger partial charge in [-0.15, -0.1) is 0 Å². The van der Waals surface area contributed by atoms with Gasteiger partial charge in [-0.1, -0.05) is 29.8 Å². The quantitative estimate of drug-likeness (QED) is 0.897. The highest BCUT2D eigenvalue weighted by molar-refractivity contribution is 6.30. The SMILES string of the molecule is OCc1cc(Cl)ccc1N1CCCc2ccccc21. The number of hydrogen-bond acceptors (Lipinski definition) is 2. The summed E-state index contributed by atoms with van der Waals surface area (Å²) < 4.78 is 0. The fourth-order valence-corrected chi connectivity index (χ4v) is 2.92. The summed E-state index contributed by atoms with van der Waals surface area (Å²) in [6.07, 6.45) is 2.25. The van der Waals surface area contributed by atoms with E-state index in [-0.39, 0.29) is 6.61 Å². The molecule has 0 saturated carbocycles. The van der Waals surface area contributed by atoms with Crippen molar-refractivity contribution in [2.75, 3.05) is 11.4 Å². The fraction of sp³-hybridized carbons (Fsp3) is 0.250. The zero-order valence-electron chi connectivity index (χ0n) is 10.6. The summed E-state index contributed by atoms with van der Waals surface area (Å²) in [6.45, 7) is 0.986.